The molecule has 128 valence electrons. The quantitative estimate of drug-likeness (QED) is 0.473. The van der Waals surface area contributed by atoms with Gasteiger partial charge in [-0.25, -0.2) is 0 Å². The lowest BCUT2D eigenvalue weighted by Crippen LogP contribution is -2.35. The topological polar surface area (TPSA) is 51.0 Å². The highest BCUT2D eigenvalue weighted by atomic mass is 32.2. The number of rotatable bonds is 5. The monoisotopic (exact) mass is 363 g/mol. The van der Waals surface area contributed by atoms with Gasteiger partial charge in [-0.2, -0.15) is 0 Å². The van der Waals surface area contributed by atoms with Crippen LogP contribution in [0.25, 0.3) is 0 Å². The van der Waals surface area contributed by atoms with E-state index in [0.29, 0.717) is 5.71 Å². The molecule has 1 aromatic carbocycles. The van der Waals surface area contributed by atoms with E-state index in [1.54, 1.807) is 37.1 Å². The van der Waals surface area contributed by atoms with E-state index in [-0.39, 0.29) is 11.7 Å². The highest BCUT2D eigenvalue weighted by molar-refractivity contribution is 8.01. The van der Waals surface area contributed by atoms with Crippen LogP contribution >= 0.6 is 23.1 Å². The van der Waals surface area contributed by atoms with Crippen LogP contribution < -0.4 is 0 Å². The van der Waals surface area contributed by atoms with Crippen molar-refractivity contribution in [3.63, 3.8) is 0 Å². The summed E-state index contributed by atoms with van der Waals surface area (Å²) in [6, 6.07) is 10.2. The number of hydrogen-bond donors (Lipinski definition) is 1. The van der Waals surface area contributed by atoms with Gasteiger partial charge in [-0.3, -0.25) is 0 Å². The van der Waals surface area contributed by atoms with E-state index < -0.39 is 0 Å². The molecule has 3 rings (SSSR count). The second-order valence-corrected chi connectivity index (χ2v) is 8.11. The molecule has 1 saturated heterocycles. The fourth-order valence-electron chi connectivity index (χ4n) is 3.02. The molecule has 1 aromatic heterocycles. The first kappa shape index (κ1) is 17.5. The molecule has 0 radical (unpaired) electrons. The van der Waals surface area contributed by atoms with Crippen LogP contribution in [0.1, 0.15) is 31.4 Å². The van der Waals surface area contributed by atoms with Crippen molar-refractivity contribution in [2.24, 2.45) is 5.16 Å². The fraction of sp³-hybridized carbons (Fsp3) is 0.389. The average molecular weight is 364 g/mol. The molecule has 1 aliphatic rings. The maximum atomic E-state index is 8.83. The second-order valence-electron chi connectivity index (χ2n) is 5.82. The Bertz CT molecular complexity index is 726. The molecule has 0 amide bonds. The molecule has 1 aliphatic heterocycles. The van der Waals surface area contributed by atoms with Gasteiger partial charge in [0.2, 0.25) is 0 Å². The Hall–Kier alpha value is -1.34. The van der Waals surface area contributed by atoms with E-state index in [1.807, 2.05) is 24.3 Å². The van der Waals surface area contributed by atoms with Crippen LogP contribution in [0, 0.1) is 0 Å². The summed E-state index contributed by atoms with van der Waals surface area (Å²) in [7, 11) is 1.76. The van der Waals surface area contributed by atoms with Crippen molar-refractivity contribution >= 4 is 28.8 Å². The Labute approximate surface area is 150 Å². The van der Waals surface area contributed by atoms with Gasteiger partial charge >= 0.3 is 0 Å². The minimum Gasteiger partial charge on any atom is -0.411 e. The molecule has 1 N–H and O–H groups in total. The summed E-state index contributed by atoms with van der Waals surface area (Å²) in [6.07, 6.45) is 0.954. The number of oxime groups is 1. The largest absolute Gasteiger partial charge is 0.411 e. The van der Waals surface area contributed by atoms with Crippen molar-refractivity contribution in [1.29, 1.82) is 0 Å². The van der Waals surface area contributed by atoms with Crippen LogP contribution in [0.5, 0.6) is 0 Å². The standard InChI is InChI=1S/C18H21NO3S2/c1-12(19-20)14-4-6-16(7-5-14)24-17-10-15(11-23-17)18(21-3)8-9-22-13(18)2/h4-7,10-11,13,20H,8-9H2,1-3H3. The zero-order valence-corrected chi connectivity index (χ0v) is 15.6. The van der Waals surface area contributed by atoms with E-state index in [1.165, 1.54) is 9.77 Å². The number of ether oxygens (including phenoxy) is 2. The molecule has 2 unspecified atom stereocenters. The Morgan fingerprint density at radius 1 is 1.42 bits per heavy atom. The summed E-state index contributed by atoms with van der Waals surface area (Å²) < 4.78 is 12.8. The molecule has 0 aliphatic carbocycles. The van der Waals surface area contributed by atoms with Gasteiger partial charge in [0.25, 0.3) is 0 Å². The van der Waals surface area contributed by atoms with Crippen molar-refractivity contribution in [2.45, 2.75) is 41.1 Å². The third-order valence-electron chi connectivity index (χ3n) is 4.57. The lowest BCUT2D eigenvalue weighted by molar-refractivity contribution is -0.0645. The molecule has 24 heavy (non-hydrogen) atoms. The molecule has 4 nitrogen and oxygen atoms in total. The van der Waals surface area contributed by atoms with Gasteiger partial charge in [-0.15, -0.1) is 11.3 Å². The van der Waals surface area contributed by atoms with E-state index in [9.17, 15) is 0 Å². The number of nitrogens with zero attached hydrogens (tertiary/aromatic N) is 1. The zero-order chi connectivity index (χ0) is 17.2. The molecular formula is C18H21NO3S2. The molecule has 2 aromatic rings. The number of thiophene rings is 1. The van der Waals surface area contributed by atoms with Crippen molar-refractivity contribution in [3.8, 4) is 0 Å². The van der Waals surface area contributed by atoms with Gasteiger partial charge in [0.05, 0.1) is 22.6 Å². The lowest BCUT2D eigenvalue weighted by atomic mass is 9.90. The Morgan fingerprint density at radius 3 is 2.75 bits per heavy atom. The van der Waals surface area contributed by atoms with Crippen LogP contribution in [-0.2, 0) is 15.1 Å². The summed E-state index contributed by atoms with van der Waals surface area (Å²) in [4.78, 5) is 1.15. The van der Waals surface area contributed by atoms with Gasteiger partial charge in [-0.1, -0.05) is 29.1 Å². The average Bonchev–Trinajstić information content (AvgIpc) is 3.22. The number of methoxy groups -OCH3 is 1. The Kier molecular flexibility index (Phi) is 5.30. The predicted molar refractivity (Wildman–Crippen MR) is 97.6 cm³/mol. The van der Waals surface area contributed by atoms with E-state index in [2.05, 4.69) is 23.5 Å². The van der Waals surface area contributed by atoms with Crippen LogP contribution in [0.15, 0.2) is 50.0 Å². The van der Waals surface area contributed by atoms with Crippen molar-refractivity contribution < 1.29 is 14.7 Å². The van der Waals surface area contributed by atoms with Gasteiger partial charge in [0.15, 0.2) is 0 Å². The van der Waals surface area contributed by atoms with E-state index >= 15 is 0 Å². The molecule has 6 heteroatoms. The van der Waals surface area contributed by atoms with Crippen LogP contribution in [-0.4, -0.2) is 30.7 Å². The summed E-state index contributed by atoms with van der Waals surface area (Å²) in [5.74, 6) is 0. The Balaban J connectivity index is 1.77. The van der Waals surface area contributed by atoms with Gasteiger partial charge in [0, 0.05) is 18.4 Å². The molecular weight excluding hydrogens is 342 g/mol. The molecule has 1 fully saturated rings. The van der Waals surface area contributed by atoms with Gasteiger partial charge < -0.3 is 14.7 Å². The fourth-order valence-corrected chi connectivity index (χ4v) is 5.04. The maximum Gasteiger partial charge on any atom is 0.121 e. The highest BCUT2D eigenvalue weighted by Gasteiger charge is 2.44. The summed E-state index contributed by atoms with van der Waals surface area (Å²) in [5, 5.41) is 14.2. The van der Waals surface area contributed by atoms with Crippen LogP contribution in [0.2, 0.25) is 0 Å². The number of hydrogen-bond acceptors (Lipinski definition) is 6. The summed E-state index contributed by atoms with van der Waals surface area (Å²) in [6.45, 7) is 4.59. The minimum absolute atomic E-state index is 0.0648. The first-order valence-corrected chi connectivity index (χ1v) is 9.51. The first-order valence-electron chi connectivity index (χ1n) is 7.82. The molecule has 0 spiro atoms. The van der Waals surface area contributed by atoms with E-state index in [4.69, 9.17) is 14.7 Å². The summed E-state index contributed by atoms with van der Waals surface area (Å²) >= 11 is 3.45. The molecule has 0 bridgehead atoms. The second kappa shape index (κ2) is 7.27. The van der Waals surface area contributed by atoms with Gasteiger partial charge in [-0.05, 0) is 48.6 Å². The SMILES string of the molecule is COC1(c2csc(Sc3ccc(C(C)=NO)cc3)c2)CCOC1C. The highest BCUT2D eigenvalue weighted by Crippen LogP contribution is 2.43. The van der Waals surface area contributed by atoms with Crippen LogP contribution in [0.3, 0.4) is 0 Å². The first-order chi connectivity index (χ1) is 11.6. The van der Waals surface area contributed by atoms with Gasteiger partial charge in [0.1, 0.15) is 5.60 Å². The van der Waals surface area contributed by atoms with Crippen molar-refractivity contribution in [3.05, 3.63) is 46.8 Å². The lowest BCUT2D eigenvalue weighted by Gasteiger charge is -2.30. The molecule has 0 saturated carbocycles. The smallest absolute Gasteiger partial charge is 0.121 e. The maximum absolute atomic E-state index is 8.83. The van der Waals surface area contributed by atoms with Crippen molar-refractivity contribution in [1.82, 2.24) is 0 Å². The van der Waals surface area contributed by atoms with E-state index in [0.717, 1.165) is 23.5 Å². The minimum atomic E-state index is -0.326. The van der Waals surface area contributed by atoms with Crippen LogP contribution in [0.4, 0.5) is 0 Å². The molecule has 2 atom stereocenters. The zero-order valence-electron chi connectivity index (χ0n) is 14.0. The number of benzene rings is 1. The Morgan fingerprint density at radius 2 is 2.17 bits per heavy atom. The summed E-state index contributed by atoms with van der Waals surface area (Å²) in [5.41, 5.74) is 2.40. The third-order valence-corrected chi connectivity index (χ3v) is 6.65. The molecule has 2 heterocycles. The normalized spacial score (nSPS) is 24.5. The third kappa shape index (κ3) is 3.24. The van der Waals surface area contributed by atoms with Crippen molar-refractivity contribution in [2.75, 3.05) is 13.7 Å². The predicted octanol–water partition coefficient (Wildman–Crippen LogP) is 4.75.